The van der Waals surface area contributed by atoms with Crippen LogP contribution in [0.15, 0.2) is 4.99 Å². The van der Waals surface area contributed by atoms with Crippen molar-refractivity contribution in [2.24, 2.45) is 10.9 Å². The number of hydrogen-bond donors (Lipinski definition) is 1. The first-order valence-corrected chi connectivity index (χ1v) is 7.21. The van der Waals surface area contributed by atoms with E-state index in [0.29, 0.717) is 0 Å². The number of thioether (sulfide) groups is 1. The standard InChI is InChI=1S/C12H22N2S/c1-2-5-11-9-14-12(15-11)13-8-10-6-3-4-7-10/h10-11H,2-9H2,1H3,(H,13,14). The average Bonchev–Trinajstić information content (AvgIpc) is 2.85. The highest BCUT2D eigenvalue weighted by molar-refractivity contribution is 8.14. The Bertz CT molecular complexity index is 222. The molecule has 1 unspecified atom stereocenters. The summed E-state index contributed by atoms with van der Waals surface area (Å²) in [5.41, 5.74) is 0. The van der Waals surface area contributed by atoms with Gasteiger partial charge >= 0.3 is 0 Å². The van der Waals surface area contributed by atoms with Crippen molar-refractivity contribution >= 4 is 16.9 Å². The molecule has 0 amide bonds. The summed E-state index contributed by atoms with van der Waals surface area (Å²) in [6.07, 6.45) is 8.30. The van der Waals surface area contributed by atoms with E-state index in [9.17, 15) is 0 Å². The summed E-state index contributed by atoms with van der Waals surface area (Å²) in [4.78, 5) is 4.57. The summed E-state index contributed by atoms with van der Waals surface area (Å²) in [5.74, 6) is 0.915. The van der Waals surface area contributed by atoms with Crippen LogP contribution in [0.25, 0.3) is 0 Å². The van der Waals surface area contributed by atoms with Gasteiger partial charge in [-0.3, -0.25) is 4.99 Å². The fourth-order valence-corrected chi connectivity index (χ4v) is 3.57. The monoisotopic (exact) mass is 226 g/mol. The fourth-order valence-electron chi connectivity index (χ4n) is 2.43. The highest BCUT2D eigenvalue weighted by Gasteiger charge is 2.20. The molecule has 0 aromatic carbocycles. The van der Waals surface area contributed by atoms with E-state index < -0.39 is 0 Å². The van der Waals surface area contributed by atoms with Gasteiger partial charge in [0.05, 0.1) is 6.54 Å². The van der Waals surface area contributed by atoms with Crippen molar-refractivity contribution < 1.29 is 0 Å². The molecule has 0 spiro atoms. The SMILES string of the molecule is CCCC1CN=C(NCC2CCCC2)S1. The van der Waals surface area contributed by atoms with E-state index in [0.717, 1.165) is 24.3 Å². The van der Waals surface area contributed by atoms with Gasteiger partial charge in [-0.15, -0.1) is 0 Å². The van der Waals surface area contributed by atoms with Gasteiger partial charge in [-0.2, -0.15) is 0 Å². The van der Waals surface area contributed by atoms with Crippen LogP contribution in [-0.4, -0.2) is 23.5 Å². The number of rotatable bonds is 4. The van der Waals surface area contributed by atoms with Crippen LogP contribution in [0.3, 0.4) is 0 Å². The topological polar surface area (TPSA) is 24.4 Å². The molecule has 3 heteroatoms. The number of aliphatic imine (C=N–C) groups is 1. The number of nitrogens with zero attached hydrogens (tertiary/aromatic N) is 1. The van der Waals surface area contributed by atoms with E-state index in [-0.39, 0.29) is 0 Å². The minimum absolute atomic E-state index is 0.751. The Labute approximate surface area is 97.3 Å². The van der Waals surface area contributed by atoms with E-state index >= 15 is 0 Å². The third-order valence-electron chi connectivity index (χ3n) is 3.34. The summed E-state index contributed by atoms with van der Waals surface area (Å²) >= 11 is 1.96. The van der Waals surface area contributed by atoms with Gasteiger partial charge in [-0.05, 0) is 25.2 Å². The maximum absolute atomic E-state index is 4.57. The van der Waals surface area contributed by atoms with Crippen LogP contribution in [0.1, 0.15) is 45.4 Å². The molecule has 1 atom stereocenters. The van der Waals surface area contributed by atoms with Crippen molar-refractivity contribution in [1.29, 1.82) is 0 Å². The normalized spacial score (nSPS) is 27.0. The molecule has 1 heterocycles. The first-order chi connectivity index (χ1) is 7.38. The molecule has 1 aliphatic heterocycles. The van der Waals surface area contributed by atoms with Crippen molar-refractivity contribution in [3.8, 4) is 0 Å². The van der Waals surface area contributed by atoms with Crippen molar-refractivity contribution in [2.75, 3.05) is 13.1 Å². The predicted octanol–water partition coefficient (Wildman–Crippen LogP) is 3.04. The highest BCUT2D eigenvalue weighted by Crippen LogP contribution is 2.26. The molecule has 1 N–H and O–H groups in total. The van der Waals surface area contributed by atoms with E-state index in [1.807, 2.05) is 11.8 Å². The summed E-state index contributed by atoms with van der Waals surface area (Å²) in [6.45, 7) is 4.45. The smallest absolute Gasteiger partial charge is 0.156 e. The molecule has 2 nitrogen and oxygen atoms in total. The second-order valence-corrected chi connectivity index (χ2v) is 5.99. The predicted molar refractivity (Wildman–Crippen MR) is 68.5 cm³/mol. The molecule has 2 rings (SSSR count). The second kappa shape index (κ2) is 5.78. The zero-order chi connectivity index (χ0) is 10.5. The van der Waals surface area contributed by atoms with Crippen LogP contribution in [0.2, 0.25) is 0 Å². The second-order valence-electron chi connectivity index (χ2n) is 4.71. The largest absolute Gasteiger partial charge is 0.365 e. The van der Waals surface area contributed by atoms with Gasteiger partial charge in [-0.1, -0.05) is 37.9 Å². The molecule has 15 heavy (non-hydrogen) atoms. The number of hydrogen-bond acceptors (Lipinski definition) is 3. The van der Waals surface area contributed by atoms with Gasteiger partial charge in [0.15, 0.2) is 5.17 Å². The molecular weight excluding hydrogens is 204 g/mol. The van der Waals surface area contributed by atoms with Crippen LogP contribution in [0.5, 0.6) is 0 Å². The quantitative estimate of drug-likeness (QED) is 0.797. The summed E-state index contributed by atoms with van der Waals surface area (Å²) < 4.78 is 0. The zero-order valence-electron chi connectivity index (χ0n) is 9.67. The lowest BCUT2D eigenvalue weighted by Gasteiger charge is -2.11. The van der Waals surface area contributed by atoms with Crippen LogP contribution in [0, 0.1) is 5.92 Å². The summed E-state index contributed by atoms with van der Waals surface area (Å²) in [7, 11) is 0. The van der Waals surface area contributed by atoms with Gasteiger partial charge < -0.3 is 5.32 Å². The molecule has 2 aliphatic rings. The summed E-state index contributed by atoms with van der Waals surface area (Å²) in [6, 6.07) is 0. The molecule has 0 aromatic heterocycles. The highest BCUT2D eigenvalue weighted by atomic mass is 32.2. The maximum atomic E-state index is 4.57. The molecule has 0 radical (unpaired) electrons. The van der Waals surface area contributed by atoms with Crippen LogP contribution >= 0.6 is 11.8 Å². The Morgan fingerprint density at radius 3 is 2.93 bits per heavy atom. The molecule has 86 valence electrons. The van der Waals surface area contributed by atoms with Crippen LogP contribution < -0.4 is 5.32 Å². The van der Waals surface area contributed by atoms with Crippen molar-refractivity contribution in [3.05, 3.63) is 0 Å². The number of amidine groups is 1. The van der Waals surface area contributed by atoms with E-state index in [2.05, 4.69) is 17.2 Å². The lowest BCUT2D eigenvalue weighted by Crippen LogP contribution is -2.25. The Kier molecular flexibility index (Phi) is 4.36. The molecule has 0 saturated heterocycles. The average molecular weight is 226 g/mol. The van der Waals surface area contributed by atoms with Crippen LogP contribution in [0.4, 0.5) is 0 Å². The minimum atomic E-state index is 0.751. The molecule has 1 aliphatic carbocycles. The van der Waals surface area contributed by atoms with E-state index in [4.69, 9.17) is 0 Å². The van der Waals surface area contributed by atoms with Crippen LogP contribution in [-0.2, 0) is 0 Å². The van der Waals surface area contributed by atoms with Gasteiger partial charge in [0.1, 0.15) is 0 Å². The van der Waals surface area contributed by atoms with Crippen molar-refractivity contribution in [1.82, 2.24) is 5.32 Å². The third kappa shape index (κ3) is 3.40. The lowest BCUT2D eigenvalue weighted by atomic mass is 10.1. The van der Waals surface area contributed by atoms with Crippen molar-refractivity contribution in [2.45, 2.75) is 50.7 Å². The fraction of sp³-hybridized carbons (Fsp3) is 0.917. The molecule has 0 aromatic rings. The Hall–Kier alpha value is -0.180. The van der Waals surface area contributed by atoms with Gasteiger partial charge in [-0.25, -0.2) is 0 Å². The first kappa shape index (κ1) is 11.3. The van der Waals surface area contributed by atoms with Gasteiger partial charge in [0.2, 0.25) is 0 Å². The van der Waals surface area contributed by atoms with Crippen molar-refractivity contribution in [3.63, 3.8) is 0 Å². The minimum Gasteiger partial charge on any atom is -0.365 e. The van der Waals surface area contributed by atoms with Gasteiger partial charge in [0, 0.05) is 11.8 Å². The molecule has 1 fully saturated rings. The Morgan fingerprint density at radius 1 is 1.40 bits per heavy atom. The first-order valence-electron chi connectivity index (χ1n) is 6.33. The number of nitrogens with one attached hydrogen (secondary N) is 1. The zero-order valence-corrected chi connectivity index (χ0v) is 10.5. The maximum Gasteiger partial charge on any atom is 0.156 e. The third-order valence-corrected chi connectivity index (χ3v) is 4.56. The van der Waals surface area contributed by atoms with Gasteiger partial charge in [0.25, 0.3) is 0 Å². The lowest BCUT2D eigenvalue weighted by molar-refractivity contribution is 0.537. The molecule has 0 bridgehead atoms. The Morgan fingerprint density at radius 2 is 2.20 bits per heavy atom. The molecule has 1 saturated carbocycles. The van der Waals surface area contributed by atoms with E-state index in [1.54, 1.807) is 0 Å². The Balaban J connectivity index is 1.63. The molecular formula is C12H22N2S. The van der Waals surface area contributed by atoms with E-state index in [1.165, 1.54) is 43.7 Å². The summed E-state index contributed by atoms with van der Waals surface area (Å²) in [5, 5.41) is 5.48.